The highest BCUT2D eigenvalue weighted by atomic mass is 35.5. The van der Waals surface area contributed by atoms with E-state index in [1.807, 2.05) is 13.0 Å². The van der Waals surface area contributed by atoms with E-state index in [0.717, 1.165) is 11.3 Å². The van der Waals surface area contributed by atoms with Crippen molar-refractivity contribution < 1.29 is 14.7 Å². The maximum atomic E-state index is 12.1. The zero-order valence-corrected chi connectivity index (χ0v) is 12.7. The van der Waals surface area contributed by atoms with Crippen LogP contribution in [0.15, 0.2) is 18.2 Å². The van der Waals surface area contributed by atoms with Gasteiger partial charge < -0.3 is 10.0 Å². The molecule has 2 unspecified atom stereocenters. The number of carboxylic acids is 1. The van der Waals surface area contributed by atoms with E-state index in [-0.39, 0.29) is 5.91 Å². The van der Waals surface area contributed by atoms with E-state index in [2.05, 4.69) is 0 Å². The number of nitrogens with zero attached hydrogens (tertiary/aromatic N) is 1. The minimum Gasteiger partial charge on any atom is -0.480 e. The Morgan fingerprint density at radius 3 is 2.85 bits per heavy atom. The molecule has 1 aromatic rings. The highest BCUT2D eigenvalue weighted by molar-refractivity contribution is 7.17. The molecule has 1 aliphatic rings. The average molecular weight is 314 g/mol. The number of piperidine rings is 1. The van der Waals surface area contributed by atoms with Gasteiger partial charge in [0.2, 0.25) is 5.91 Å². The molecule has 4 nitrogen and oxygen atoms in total. The summed E-state index contributed by atoms with van der Waals surface area (Å²) in [4.78, 5) is 25.7. The molecular formula is C14H16ClNO3S. The van der Waals surface area contributed by atoms with Gasteiger partial charge in [-0.15, -0.1) is 11.3 Å². The summed E-state index contributed by atoms with van der Waals surface area (Å²) in [7, 11) is 0. The zero-order valence-electron chi connectivity index (χ0n) is 11.1. The first-order valence-corrected chi connectivity index (χ1v) is 7.63. The van der Waals surface area contributed by atoms with Crippen LogP contribution >= 0.6 is 22.9 Å². The van der Waals surface area contributed by atoms with Gasteiger partial charge in [-0.1, -0.05) is 18.5 Å². The Labute approximate surface area is 126 Å². The minimum atomic E-state index is -0.933. The zero-order chi connectivity index (χ0) is 14.7. The number of likely N-dealkylation sites (tertiary alicyclic amines) is 1. The smallest absolute Gasteiger partial charge is 0.326 e. The fourth-order valence-corrected chi connectivity index (χ4v) is 3.27. The van der Waals surface area contributed by atoms with Crippen LogP contribution < -0.4 is 0 Å². The monoisotopic (exact) mass is 313 g/mol. The lowest BCUT2D eigenvalue weighted by Gasteiger charge is -2.35. The van der Waals surface area contributed by atoms with Crippen molar-refractivity contribution in [3.8, 4) is 0 Å². The van der Waals surface area contributed by atoms with Crippen LogP contribution in [0.1, 0.15) is 24.6 Å². The maximum Gasteiger partial charge on any atom is 0.326 e. The van der Waals surface area contributed by atoms with Crippen molar-refractivity contribution in [3.05, 3.63) is 27.4 Å². The quantitative estimate of drug-likeness (QED) is 0.872. The summed E-state index contributed by atoms with van der Waals surface area (Å²) in [6.45, 7) is 2.51. The van der Waals surface area contributed by atoms with E-state index >= 15 is 0 Å². The van der Waals surface area contributed by atoms with Gasteiger partial charge >= 0.3 is 5.97 Å². The molecule has 2 rings (SSSR count). The van der Waals surface area contributed by atoms with Gasteiger partial charge in [0, 0.05) is 17.5 Å². The molecule has 0 spiro atoms. The predicted molar refractivity (Wildman–Crippen MR) is 79.9 cm³/mol. The molecule has 1 saturated heterocycles. The molecule has 0 bridgehead atoms. The molecule has 1 aromatic heterocycles. The highest BCUT2D eigenvalue weighted by Crippen LogP contribution is 2.24. The first kappa shape index (κ1) is 15.1. The summed E-state index contributed by atoms with van der Waals surface area (Å²) in [6, 6.07) is 2.87. The van der Waals surface area contributed by atoms with Gasteiger partial charge in [-0.2, -0.15) is 0 Å². The third-order valence-electron chi connectivity index (χ3n) is 3.42. The fraction of sp³-hybridized carbons (Fsp3) is 0.429. The number of aliphatic carboxylic acids is 1. The summed E-state index contributed by atoms with van der Waals surface area (Å²) in [5.41, 5.74) is 0. The Morgan fingerprint density at radius 2 is 2.25 bits per heavy atom. The molecule has 0 saturated carbocycles. The number of carboxylic acid groups (broad SMARTS) is 1. The number of halogens is 1. The van der Waals surface area contributed by atoms with Crippen LogP contribution in [0.4, 0.5) is 0 Å². The summed E-state index contributed by atoms with van der Waals surface area (Å²) in [5.74, 6) is -0.855. The Morgan fingerprint density at radius 1 is 1.50 bits per heavy atom. The number of hydrogen-bond acceptors (Lipinski definition) is 3. The van der Waals surface area contributed by atoms with Crippen LogP contribution in [-0.2, 0) is 9.59 Å². The van der Waals surface area contributed by atoms with Crippen LogP contribution in [0.25, 0.3) is 6.08 Å². The number of hydrogen-bond donors (Lipinski definition) is 1. The molecular weight excluding hydrogens is 298 g/mol. The second-order valence-electron chi connectivity index (χ2n) is 4.99. The van der Waals surface area contributed by atoms with E-state index in [0.29, 0.717) is 23.2 Å². The van der Waals surface area contributed by atoms with Crippen molar-refractivity contribution in [1.82, 2.24) is 4.90 Å². The van der Waals surface area contributed by atoms with Gasteiger partial charge in [0.1, 0.15) is 6.04 Å². The standard InChI is InChI=1S/C14H16ClNO3S/c1-9-6-7-16(11(8-9)14(18)19)13(17)5-3-10-2-4-12(15)20-10/h2-5,9,11H,6-8H2,1H3,(H,18,19)/b5-3+. The lowest BCUT2D eigenvalue weighted by molar-refractivity contribution is -0.151. The van der Waals surface area contributed by atoms with Crippen LogP contribution in [0.2, 0.25) is 4.34 Å². The largest absolute Gasteiger partial charge is 0.480 e. The van der Waals surface area contributed by atoms with E-state index in [1.54, 1.807) is 12.1 Å². The molecule has 2 heterocycles. The number of carbonyl (C=O) groups excluding carboxylic acids is 1. The van der Waals surface area contributed by atoms with E-state index in [9.17, 15) is 14.7 Å². The molecule has 1 aliphatic heterocycles. The number of rotatable bonds is 3. The second-order valence-corrected chi connectivity index (χ2v) is 6.74. The Bertz CT molecular complexity index is 540. The van der Waals surface area contributed by atoms with Gasteiger partial charge in [0.05, 0.1) is 4.34 Å². The summed E-state index contributed by atoms with van der Waals surface area (Å²) < 4.78 is 0.660. The summed E-state index contributed by atoms with van der Waals surface area (Å²) in [6.07, 6.45) is 4.46. The lowest BCUT2D eigenvalue weighted by Crippen LogP contribution is -2.49. The van der Waals surface area contributed by atoms with Gasteiger partial charge in [-0.05, 0) is 37.0 Å². The first-order valence-electron chi connectivity index (χ1n) is 6.44. The third kappa shape index (κ3) is 3.61. The van der Waals surface area contributed by atoms with E-state index < -0.39 is 12.0 Å². The second kappa shape index (κ2) is 6.41. The molecule has 1 amide bonds. The molecule has 1 N–H and O–H groups in total. The van der Waals surface area contributed by atoms with Crippen LogP contribution in [0, 0.1) is 5.92 Å². The van der Waals surface area contributed by atoms with Crippen LogP contribution in [0.5, 0.6) is 0 Å². The lowest BCUT2D eigenvalue weighted by atomic mass is 9.92. The van der Waals surface area contributed by atoms with Gasteiger partial charge in [0.15, 0.2) is 0 Å². The average Bonchev–Trinajstić information content (AvgIpc) is 2.81. The fourth-order valence-electron chi connectivity index (χ4n) is 2.31. The van der Waals surface area contributed by atoms with Crippen molar-refractivity contribution in [2.75, 3.05) is 6.54 Å². The van der Waals surface area contributed by atoms with Gasteiger partial charge in [0.25, 0.3) is 0 Å². The van der Waals surface area contributed by atoms with Crippen molar-refractivity contribution in [1.29, 1.82) is 0 Å². The summed E-state index contributed by atoms with van der Waals surface area (Å²) >= 11 is 7.19. The van der Waals surface area contributed by atoms with Gasteiger partial charge in [-0.25, -0.2) is 4.79 Å². The normalized spacial score (nSPS) is 23.2. The Hall–Kier alpha value is -1.33. The predicted octanol–water partition coefficient (Wildman–Crippen LogP) is 3.13. The number of carbonyl (C=O) groups is 2. The maximum absolute atomic E-state index is 12.1. The highest BCUT2D eigenvalue weighted by Gasteiger charge is 2.33. The first-order chi connectivity index (χ1) is 9.47. The van der Waals surface area contributed by atoms with Crippen molar-refractivity contribution in [2.24, 2.45) is 5.92 Å². The Kier molecular flexibility index (Phi) is 4.83. The molecule has 0 aliphatic carbocycles. The molecule has 0 radical (unpaired) electrons. The molecule has 2 atom stereocenters. The molecule has 20 heavy (non-hydrogen) atoms. The third-order valence-corrected chi connectivity index (χ3v) is 4.61. The Balaban J connectivity index is 2.07. The molecule has 1 fully saturated rings. The number of thiophene rings is 1. The van der Waals surface area contributed by atoms with E-state index in [1.165, 1.54) is 22.3 Å². The minimum absolute atomic E-state index is 0.256. The summed E-state index contributed by atoms with van der Waals surface area (Å²) in [5, 5.41) is 9.23. The van der Waals surface area contributed by atoms with Crippen molar-refractivity contribution in [2.45, 2.75) is 25.8 Å². The molecule has 108 valence electrons. The topological polar surface area (TPSA) is 57.6 Å². The van der Waals surface area contributed by atoms with Crippen LogP contribution in [-0.4, -0.2) is 34.5 Å². The number of amides is 1. The van der Waals surface area contributed by atoms with Crippen molar-refractivity contribution in [3.63, 3.8) is 0 Å². The molecule has 6 heteroatoms. The van der Waals surface area contributed by atoms with Gasteiger partial charge in [-0.3, -0.25) is 4.79 Å². The molecule has 0 aromatic carbocycles. The van der Waals surface area contributed by atoms with Crippen molar-refractivity contribution >= 4 is 40.9 Å². The van der Waals surface area contributed by atoms with E-state index in [4.69, 9.17) is 11.6 Å². The SMILES string of the molecule is CC1CCN(C(=O)/C=C/c2ccc(Cl)s2)C(C(=O)O)C1. The van der Waals surface area contributed by atoms with Crippen LogP contribution in [0.3, 0.4) is 0 Å².